The van der Waals surface area contributed by atoms with Crippen LogP contribution in [-0.2, 0) is 15.6 Å². The molecule has 0 aliphatic carbocycles. The molecule has 1 amide bonds. The number of hydrogen-bond donors (Lipinski definition) is 2. The lowest BCUT2D eigenvalue weighted by Crippen LogP contribution is -2.30. The Morgan fingerprint density at radius 1 is 1.12 bits per heavy atom. The van der Waals surface area contributed by atoms with Crippen LogP contribution in [0.3, 0.4) is 0 Å². The number of benzene rings is 2. The predicted molar refractivity (Wildman–Crippen MR) is 128 cm³/mol. The smallest absolute Gasteiger partial charge is 0.268 e. The molecule has 2 heterocycles. The van der Waals surface area contributed by atoms with E-state index < -0.39 is 13.3 Å². The van der Waals surface area contributed by atoms with Crippen molar-refractivity contribution in [2.75, 3.05) is 7.11 Å². The SMILES string of the molecule is COP(=O)(c1cc(C)cc(C#N)c1)c1c(C(=O)NCc2ccncc2)[nH]c2ccc(C)cc12. The zero-order valence-electron chi connectivity index (χ0n) is 18.5. The van der Waals surface area contributed by atoms with Crippen LogP contribution in [0, 0.1) is 25.2 Å². The second kappa shape index (κ2) is 9.03. The average molecular weight is 458 g/mol. The summed E-state index contributed by atoms with van der Waals surface area (Å²) in [6.45, 7) is 4.04. The first-order valence-electron chi connectivity index (χ1n) is 10.3. The van der Waals surface area contributed by atoms with E-state index in [1.165, 1.54) is 7.11 Å². The van der Waals surface area contributed by atoms with Gasteiger partial charge in [0.05, 0.1) is 16.9 Å². The number of amides is 1. The van der Waals surface area contributed by atoms with E-state index in [2.05, 4.69) is 21.4 Å². The number of fused-ring (bicyclic) bond motifs is 1. The zero-order chi connectivity index (χ0) is 23.6. The molecule has 2 N–H and O–H groups in total. The monoisotopic (exact) mass is 458 g/mol. The van der Waals surface area contributed by atoms with Gasteiger partial charge < -0.3 is 14.8 Å². The lowest BCUT2D eigenvalue weighted by Gasteiger charge is -2.19. The largest absolute Gasteiger partial charge is 0.350 e. The molecule has 33 heavy (non-hydrogen) atoms. The fourth-order valence-electron chi connectivity index (χ4n) is 3.86. The van der Waals surface area contributed by atoms with Crippen LogP contribution in [0.2, 0.25) is 0 Å². The van der Waals surface area contributed by atoms with Crippen LogP contribution in [0.5, 0.6) is 0 Å². The van der Waals surface area contributed by atoms with Crippen molar-refractivity contribution in [2.45, 2.75) is 20.4 Å². The first kappa shape index (κ1) is 22.5. The van der Waals surface area contributed by atoms with Gasteiger partial charge in [0.25, 0.3) is 13.3 Å². The van der Waals surface area contributed by atoms with Gasteiger partial charge in [-0.2, -0.15) is 5.26 Å². The highest BCUT2D eigenvalue weighted by molar-refractivity contribution is 7.75. The summed E-state index contributed by atoms with van der Waals surface area (Å²) in [6.07, 6.45) is 3.31. The Morgan fingerprint density at radius 3 is 2.58 bits per heavy atom. The topological polar surface area (TPSA) is 108 Å². The van der Waals surface area contributed by atoms with Gasteiger partial charge in [-0.3, -0.25) is 14.3 Å². The molecule has 2 aromatic carbocycles. The standard InChI is InChI=1S/C25H23N4O3P/c1-16-4-5-22-21(12-16)24(23(29-22)25(30)28-15-18-6-8-27-9-7-18)33(31,32-3)20-11-17(2)10-19(13-20)14-26/h4-13,29H,15H2,1-3H3,(H,28,30). The maximum atomic E-state index is 14.5. The number of carbonyl (C=O) groups excluding carboxylic acids is 1. The molecule has 1 atom stereocenters. The number of nitrogens with one attached hydrogen (secondary N) is 2. The fraction of sp³-hybridized carbons (Fsp3) is 0.160. The maximum Gasteiger partial charge on any atom is 0.268 e. The van der Waals surface area contributed by atoms with E-state index in [9.17, 15) is 14.6 Å². The normalized spacial score (nSPS) is 12.8. The molecule has 8 heteroatoms. The molecular formula is C25H23N4O3P. The van der Waals surface area contributed by atoms with E-state index >= 15 is 0 Å². The summed E-state index contributed by atoms with van der Waals surface area (Å²) in [7, 11) is -2.37. The van der Waals surface area contributed by atoms with Gasteiger partial charge in [0.2, 0.25) is 0 Å². The number of nitriles is 1. The van der Waals surface area contributed by atoms with E-state index in [1.54, 1.807) is 30.6 Å². The highest BCUT2D eigenvalue weighted by atomic mass is 31.2. The van der Waals surface area contributed by atoms with Crippen LogP contribution >= 0.6 is 7.37 Å². The lowest BCUT2D eigenvalue weighted by atomic mass is 10.1. The van der Waals surface area contributed by atoms with Crippen LogP contribution in [0.25, 0.3) is 10.9 Å². The zero-order valence-corrected chi connectivity index (χ0v) is 19.4. The molecule has 0 fully saturated rings. The number of pyridine rings is 1. The highest BCUT2D eigenvalue weighted by Gasteiger charge is 2.36. The van der Waals surface area contributed by atoms with Gasteiger partial charge in [0.1, 0.15) is 5.69 Å². The predicted octanol–water partition coefficient (Wildman–Crippen LogP) is 3.86. The fourth-order valence-corrected chi connectivity index (χ4v) is 6.14. The Balaban J connectivity index is 1.88. The summed E-state index contributed by atoms with van der Waals surface area (Å²) in [5, 5.41) is 13.6. The number of aryl methyl sites for hydroxylation is 2. The summed E-state index contributed by atoms with van der Waals surface area (Å²) in [6, 6.07) is 16.4. The summed E-state index contributed by atoms with van der Waals surface area (Å²) < 4.78 is 20.1. The van der Waals surface area contributed by atoms with Crippen molar-refractivity contribution in [3.63, 3.8) is 0 Å². The second-order valence-corrected chi connectivity index (χ2v) is 10.3. The van der Waals surface area contributed by atoms with E-state index in [-0.39, 0.29) is 12.2 Å². The second-order valence-electron chi connectivity index (χ2n) is 7.84. The molecule has 7 nitrogen and oxygen atoms in total. The Morgan fingerprint density at radius 2 is 1.88 bits per heavy atom. The van der Waals surface area contributed by atoms with Gasteiger partial charge in [0.15, 0.2) is 0 Å². The van der Waals surface area contributed by atoms with Gasteiger partial charge in [-0.1, -0.05) is 11.6 Å². The third-order valence-electron chi connectivity index (χ3n) is 5.44. The minimum absolute atomic E-state index is 0.176. The molecule has 0 bridgehead atoms. The van der Waals surface area contributed by atoms with Gasteiger partial charge >= 0.3 is 0 Å². The molecule has 0 spiro atoms. The Labute approximate surface area is 191 Å². The minimum Gasteiger partial charge on any atom is -0.350 e. The Bertz CT molecular complexity index is 1440. The van der Waals surface area contributed by atoms with E-state index in [1.807, 2.05) is 44.2 Å². The molecule has 4 aromatic rings. The van der Waals surface area contributed by atoms with Crippen molar-refractivity contribution in [1.29, 1.82) is 5.26 Å². The summed E-state index contributed by atoms with van der Waals surface area (Å²) in [4.78, 5) is 20.4. The number of aromatic nitrogens is 2. The molecule has 4 rings (SSSR count). The number of aromatic amines is 1. The van der Waals surface area contributed by atoms with Gasteiger partial charge in [0, 0.05) is 42.3 Å². The van der Waals surface area contributed by atoms with Crippen LogP contribution in [0.15, 0.2) is 60.9 Å². The van der Waals surface area contributed by atoms with Gasteiger partial charge in [-0.05, 0) is 67.4 Å². The molecule has 0 saturated heterocycles. The molecule has 0 saturated carbocycles. The molecule has 0 radical (unpaired) electrons. The van der Waals surface area contributed by atoms with Crippen molar-refractivity contribution in [3.8, 4) is 6.07 Å². The number of nitrogens with zero attached hydrogens (tertiary/aromatic N) is 2. The van der Waals surface area contributed by atoms with E-state index in [0.717, 1.165) is 16.7 Å². The molecule has 0 aliphatic rings. The molecular weight excluding hydrogens is 435 g/mol. The maximum absolute atomic E-state index is 14.5. The van der Waals surface area contributed by atoms with Crippen molar-refractivity contribution in [3.05, 3.63) is 88.9 Å². The number of hydrogen-bond acceptors (Lipinski definition) is 5. The number of H-pyrrole nitrogens is 1. The third-order valence-corrected chi connectivity index (χ3v) is 7.94. The molecule has 0 aliphatic heterocycles. The van der Waals surface area contributed by atoms with Gasteiger partial charge in [-0.15, -0.1) is 0 Å². The Kier molecular flexibility index (Phi) is 6.15. The van der Waals surface area contributed by atoms with Crippen LogP contribution < -0.4 is 15.9 Å². The average Bonchev–Trinajstić information content (AvgIpc) is 3.21. The van der Waals surface area contributed by atoms with Crippen LogP contribution in [0.1, 0.15) is 32.7 Å². The first-order chi connectivity index (χ1) is 15.9. The number of rotatable bonds is 6. The summed E-state index contributed by atoms with van der Waals surface area (Å²) >= 11 is 0. The third kappa shape index (κ3) is 4.31. The Hall–Kier alpha value is -3.72. The first-order valence-corrected chi connectivity index (χ1v) is 12.0. The van der Waals surface area contributed by atoms with E-state index in [4.69, 9.17) is 4.52 Å². The number of carbonyl (C=O) groups is 1. The minimum atomic E-state index is -3.73. The lowest BCUT2D eigenvalue weighted by molar-refractivity contribution is 0.0947. The summed E-state index contributed by atoms with van der Waals surface area (Å²) in [5.41, 5.74) is 3.85. The molecule has 1 unspecified atom stereocenters. The van der Waals surface area contributed by atoms with Crippen molar-refractivity contribution in [2.24, 2.45) is 0 Å². The van der Waals surface area contributed by atoms with E-state index in [0.29, 0.717) is 27.1 Å². The van der Waals surface area contributed by atoms with Gasteiger partial charge in [-0.25, -0.2) is 0 Å². The molecule has 166 valence electrons. The van der Waals surface area contributed by atoms with Crippen LogP contribution in [-0.4, -0.2) is 23.0 Å². The van der Waals surface area contributed by atoms with Crippen molar-refractivity contribution >= 4 is 34.8 Å². The quantitative estimate of drug-likeness (QED) is 0.427. The summed E-state index contributed by atoms with van der Waals surface area (Å²) in [5.74, 6) is -0.402. The molecule has 2 aromatic heterocycles. The highest BCUT2D eigenvalue weighted by Crippen LogP contribution is 2.47. The van der Waals surface area contributed by atoms with Crippen molar-refractivity contribution < 1.29 is 13.9 Å². The van der Waals surface area contributed by atoms with Crippen LogP contribution in [0.4, 0.5) is 0 Å². The van der Waals surface area contributed by atoms with Crippen molar-refractivity contribution in [1.82, 2.24) is 15.3 Å².